The first-order valence-electron chi connectivity index (χ1n) is 6.56. The lowest BCUT2D eigenvalue weighted by atomic mass is 10.1. The van der Waals surface area contributed by atoms with Gasteiger partial charge in [0.2, 0.25) is 0 Å². The third-order valence-electron chi connectivity index (χ3n) is 3.45. The molecule has 1 unspecified atom stereocenters. The van der Waals surface area contributed by atoms with E-state index in [1.807, 2.05) is 19.9 Å². The van der Waals surface area contributed by atoms with Gasteiger partial charge in [0.15, 0.2) is 0 Å². The molecule has 4 nitrogen and oxygen atoms in total. The van der Waals surface area contributed by atoms with Crippen LogP contribution in [0, 0.1) is 24.0 Å². The molecule has 104 valence electrons. The van der Waals surface area contributed by atoms with Gasteiger partial charge in [-0.25, -0.2) is 0 Å². The molecular weight excluding hydrogens is 252 g/mol. The Morgan fingerprint density at radius 1 is 1.10 bits per heavy atom. The van der Waals surface area contributed by atoms with Crippen molar-refractivity contribution in [3.05, 3.63) is 69.3 Å². The molecule has 0 amide bonds. The number of nitro benzene ring substituents is 1. The lowest BCUT2D eigenvalue weighted by molar-refractivity contribution is -0.385. The fourth-order valence-electron chi connectivity index (χ4n) is 2.15. The molecule has 0 saturated carbocycles. The number of nitrogens with one attached hydrogen (secondary N) is 1. The number of hydrogen-bond acceptors (Lipinski definition) is 3. The van der Waals surface area contributed by atoms with Crippen LogP contribution in [0.3, 0.4) is 0 Å². The van der Waals surface area contributed by atoms with Crippen LogP contribution in [0.2, 0.25) is 0 Å². The quantitative estimate of drug-likeness (QED) is 0.662. The van der Waals surface area contributed by atoms with Gasteiger partial charge < -0.3 is 5.32 Å². The highest BCUT2D eigenvalue weighted by molar-refractivity contribution is 5.60. The second kappa shape index (κ2) is 5.74. The molecule has 0 radical (unpaired) electrons. The van der Waals surface area contributed by atoms with Gasteiger partial charge in [-0.05, 0) is 32.4 Å². The minimum absolute atomic E-state index is 0.0938. The minimum Gasteiger partial charge on any atom is -0.378 e. The van der Waals surface area contributed by atoms with E-state index in [4.69, 9.17) is 0 Å². The van der Waals surface area contributed by atoms with Gasteiger partial charge in [0.1, 0.15) is 0 Å². The molecule has 1 N–H and O–H groups in total. The van der Waals surface area contributed by atoms with Crippen molar-refractivity contribution >= 4 is 11.4 Å². The summed E-state index contributed by atoms with van der Waals surface area (Å²) in [6.45, 7) is 5.86. The van der Waals surface area contributed by atoms with E-state index >= 15 is 0 Å². The molecule has 0 saturated heterocycles. The van der Waals surface area contributed by atoms with Crippen LogP contribution in [-0.4, -0.2) is 4.92 Å². The van der Waals surface area contributed by atoms with Crippen LogP contribution in [0.5, 0.6) is 0 Å². The summed E-state index contributed by atoms with van der Waals surface area (Å²) in [7, 11) is 0. The third-order valence-corrected chi connectivity index (χ3v) is 3.45. The second-order valence-electron chi connectivity index (χ2n) is 4.98. The van der Waals surface area contributed by atoms with Gasteiger partial charge in [-0.2, -0.15) is 0 Å². The van der Waals surface area contributed by atoms with Crippen molar-refractivity contribution in [1.29, 1.82) is 0 Å². The van der Waals surface area contributed by atoms with E-state index in [0.29, 0.717) is 5.56 Å². The smallest absolute Gasteiger partial charge is 0.274 e. The van der Waals surface area contributed by atoms with Crippen LogP contribution in [0.15, 0.2) is 42.5 Å². The Morgan fingerprint density at radius 2 is 1.75 bits per heavy atom. The summed E-state index contributed by atoms with van der Waals surface area (Å²) in [4.78, 5) is 10.6. The molecule has 2 aromatic rings. The first kappa shape index (κ1) is 14.1. The summed E-state index contributed by atoms with van der Waals surface area (Å²) >= 11 is 0. The van der Waals surface area contributed by atoms with Crippen LogP contribution in [-0.2, 0) is 0 Å². The fraction of sp³-hybridized carbons (Fsp3) is 0.250. The van der Waals surface area contributed by atoms with Gasteiger partial charge in [0.25, 0.3) is 5.69 Å². The maximum atomic E-state index is 10.9. The highest BCUT2D eigenvalue weighted by atomic mass is 16.6. The summed E-state index contributed by atoms with van der Waals surface area (Å²) in [6.07, 6.45) is 0. The predicted octanol–water partition coefficient (Wildman–Crippen LogP) is 4.38. The van der Waals surface area contributed by atoms with Crippen molar-refractivity contribution in [2.24, 2.45) is 0 Å². The van der Waals surface area contributed by atoms with Gasteiger partial charge in [-0.1, -0.05) is 35.9 Å². The first-order chi connectivity index (χ1) is 9.49. The van der Waals surface area contributed by atoms with Crippen LogP contribution in [0.1, 0.15) is 29.7 Å². The van der Waals surface area contributed by atoms with E-state index in [2.05, 4.69) is 29.6 Å². The van der Waals surface area contributed by atoms with Gasteiger partial charge in [0.05, 0.1) is 4.92 Å². The van der Waals surface area contributed by atoms with Crippen molar-refractivity contribution < 1.29 is 4.92 Å². The average Bonchev–Trinajstić information content (AvgIpc) is 2.41. The number of hydrogen-bond donors (Lipinski definition) is 1. The minimum atomic E-state index is -0.350. The van der Waals surface area contributed by atoms with Gasteiger partial charge >= 0.3 is 0 Å². The zero-order valence-corrected chi connectivity index (χ0v) is 11.9. The standard InChI is InChI=1S/C16H18N2O2/c1-11-7-9-14(10-8-11)13(3)17-15-5-4-6-16(12(15)2)18(19)20/h4-10,13,17H,1-3H3. The average molecular weight is 270 g/mol. The number of rotatable bonds is 4. The van der Waals surface area contributed by atoms with Crippen molar-refractivity contribution in [1.82, 2.24) is 0 Å². The largest absolute Gasteiger partial charge is 0.378 e. The number of benzene rings is 2. The van der Waals surface area contributed by atoms with Crippen molar-refractivity contribution in [3.63, 3.8) is 0 Å². The maximum absolute atomic E-state index is 10.9. The van der Waals surface area contributed by atoms with Crippen molar-refractivity contribution in [2.45, 2.75) is 26.8 Å². The summed E-state index contributed by atoms with van der Waals surface area (Å²) in [5.74, 6) is 0. The maximum Gasteiger partial charge on any atom is 0.274 e. The number of nitrogens with zero attached hydrogens (tertiary/aromatic N) is 1. The number of nitro groups is 1. The molecule has 0 aliphatic heterocycles. The molecule has 1 atom stereocenters. The van der Waals surface area contributed by atoms with E-state index in [0.717, 1.165) is 11.3 Å². The Morgan fingerprint density at radius 3 is 2.35 bits per heavy atom. The van der Waals surface area contributed by atoms with E-state index in [-0.39, 0.29) is 16.7 Å². The summed E-state index contributed by atoms with van der Waals surface area (Å²) in [6, 6.07) is 13.5. The van der Waals surface area contributed by atoms with E-state index in [1.54, 1.807) is 13.0 Å². The van der Waals surface area contributed by atoms with Gasteiger partial charge in [0, 0.05) is 23.4 Å². The topological polar surface area (TPSA) is 55.2 Å². The molecule has 0 bridgehead atoms. The molecule has 0 heterocycles. The zero-order chi connectivity index (χ0) is 14.7. The molecule has 0 aromatic heterocycles. The predicted molar refractivity (Wildman–Crippen MR) is 81.1 cm³/mol. The number of anilines is 1. The van der Waals surface area contributed by atoms with E-state index < -0.39 is 0 Å². The van der Waals surface area contributed by atoms with Crippen LogP contribution in [0.4, 0.5) is 11.4 Å². The van der Waals surface area contributed by atoms with Crippen molar-refractivity contribution in [2.75, 3.05) is 5.32 Å². The SMILES string of the molecule is Cc1ccc(C(C)Nc2cccc([N+](=O)[O-])c2C)cc1. The summed E-state index contributed by atoms with van der Waals surface area (Å²) in [5, 5.41) is 14.3. The fourth-order valence-corrected chi connectivity index (χ4v) is 2.15. The number of aryl methyl sites for hydroxylation is 1. The monoisotopic (exact) mass is 270 g/mol. The molecule has 4 heteroatoms. The zero-order valence-electron chi connectivity index (χ0n) is 11.9. The normalized spacial score (nSPS) is 11.9. The van der Waals surface area contributed by atoms with Crippen LogP contribution < -0.4 is 5.32 Å². The van der Waals surface area contributed by atoms with Gasteiger partial charge in [-0.15, -0.1) is 0 Å². The Balaban J connectivity index is 2.23. The molecule has 0 aliphatic carbocycles. The molecule has 0 aliphatic rings. The lowest BCUT2D eigenvalue weighted by Gasteiger charge is -2.17. The molecule has 2 rings (SSSR count). The highest BCUT2D eigenvalue weighted by Gasteiger charge is 2.14. The van der Waals surface area contributed by atoms with E-state index in [1.165, 1.54) is 11.6 Å². The molecular formula is C16H18N2O2. The summed E-state index contributed by atoms with van der Waals surface area (Å²) < 4.78 is 0. The molecule has 0 fully saturated rings. The third kappa shape index (κ3) is 2.96. The lowest BCUT2D eigenvalue weighted by Crippen LogP contribution is -2.08. The first-order valence-corrected chi connectivity index (χ1v) is 6.56. The van der Waals surface area contributed by atoms with Crippen LogP contribution in [0.25, 0.3) is 0 Å². The molecule has 0 spiro atoms. The van der Waals surface area contributed by atoms with Crippen LogP contribution >= 0.6 is 0 Å². The Kier molecular flexibility index (Phi) is 4.03. The molecule has 20 heavy (non-hydrogen) atoms. The Bertz CT molecular complexity index is 621. The van der Waals surface area contributed by atoms with E-state index in [9.17, 15) is 10.1 Å². The molecule has 2 aromatic carbocycles. The van der Waals surface area contributed by atoms with Crippen molar-refractivity contribution in [3.8, 4) is 0 Å². The summed E-state index contributed by atoms with van der Waals surface area (Å²) in [5.41, 5.74) is 3.98. The second-order valence-corrected chi connectivity index (χ2v) is 4.98. The van der Waals surface area contributed by atoms with Gasteiger partial charge in [-0.3, -0.25) is 10.1 Å². The Hall–Kier alpha value is -2.36. The highest BCUT2D eigenvalue weighted by Crippen LogP contribution is 2.28. The Labute approximate surface area is 118 Å².